The SMILES string of the molecule is CCCc1cccc[n+]1CCCCCCCCCCO.[Br-]. The standard InChI is InChI=1S/C18H32NO.BrH/c1-2-13-18-14-9-11-16-19(18)15-10-7-5-3-4-6-8-12-17-20;/h9,11,14,16,20H,2-8,10,12-13,15,17H2,1H3;1H/q+1;/p-1. The lowest BCUT2D eigenvalue weighted by Crippen LogP contribution is -3.00. The van der Waals surface area contributed by atoms with E-state index in [1.807, 2.05) is 0 Å². The van der Waals surface area contributed by atoms with Crippen molar-refractivity contribution in [2.75, 3.05) is 6.61 Å². The summed E-state index contributed by atoms with van der Waals surface area (Å²) >= 11 is 0. The second-order valence-corrected chi connectivity index (χ2v) is 5.69. The van der Waals surface area contributed by atoms with E-state index in [1.165, 1.54) is 70.0 Å². The maximum atomic E-state index is 8.71. The average Bonchev–Trinajstić information content (AvgIpc) is 2.47. The molecule has 1 heterocycles. The molecule has 0 aliphatic carbocycles. The van der Waals surface area contributed by atoms with E-state index in [0.717, 1.165) is 6.42 Å². The van der Waals surface area contributed by atoms with Crippen LogP contribution in [0.25, 0.3) is 0 Å². The predicted octanol–water partition coefficient (Wildman–Crippen LogP) is 1.04. The Morgan fingerprint density at radius 2 is 1.52 bits per heavy atom. The summed E-state index contributed by atoms with van der Waals surface area (Å²) in [6.07, 6.45) is 14.8. The molecule has 0 saturated heterocycles. The minimum Gasteiger partial charge on any atom is -1.00 e. The number of nitrogens with zero attached hydrogens (tertiary/aromatic N) is 1. The Kier molecular flexibility index (Phi) is 14.2. The quantitative estimate of drug-likeness (QED) is 0.438. The van der Waals surface area contributed by atoms with Gasteiger partial charge in [-0.25, -0.2) is 4.57 Å². The molecule has 2 nitrogen and oxygen atoms in total. The Morgan fingerprint density at radius 3 is 2.14 bits per heavy atom. The van der Waals surface area contributed by atoms with Gasteiger partial charge in [0.25, 0.3) is 0 Å². The summed E-state index contributed by atoms with van der Waals surface area (Å²) in [7, 11) is 0. The Balaban J connectivity index is 0.00000400. The normalized spacial score (nSPS) is 10.4. The molecule has 1 aromatic heterocycles. The summed E-state index contributed by atoms with van der Waals surface area (Å²) in [5.41, 5.74) is 1.47. The Hall–Kier alpha value is -0.410. The number of aliphatic hydroxyl groups is 1. The molecule has 0 aliphatic heterocycles. The average molecular weight is 358 g/mol. The highest BCUT2D eigenvalue weighted by atomic mass is 79.9. The zero-order valence-electron chi connectivity index (χ0n) is 13.6. The lowest BCUT2D eigenvalue weighted by Gasteiger charge is -2.03. The molecule has 1 N–H and O–H groups in total. The topological polar surface area (TPSA) is 24.1 Å². The van der Waals surface area contributed by atoms with Gasteiger partial charge in [0, 0.05) is 31.6 Å². The highest BCUT2D eigenvalue weighted by Crippen LogP contribution is 2.08. The molecular formula is C18H32BrNO. The van der Waals surface area contributed by atoms with Crippen molar-refractivity contribution >= 4 is 0 Å². The molecule has 21 heavy (non-hydrogen) atoms. The fourth-order valence-corrected chi connectivity index (χ4v) is 2.67. The zero-order valence-corrected chi connectivity index (χ0v) is 15.2. The first kappa shape index (κ1) is 20.6. The molecule has 1 rings (SSSR count). The molecular weight excluding hydrogens is 326 g/mol. The third-order valence-corrected chi connectivity index (χ3v) is 3.85. The van der Waals surface area contributed by atoms with Crippen LogP contribution in [0.4, 0.5) is 0 Å². The van der Waals surface area contributed by atoms with E-state index in [-0.39, 0.29) is 17.0 Å². The maximum Gasteiger partial charge on any atom is 0.181 e. The van der Waals surface area contributed by atoms with Crippen molar-refractivity contribution in [2.24, 2.45) is 0 Å². The lowest BCUT2D eigenvalue weighted by atomic mass is 10.1. The number of hydrogen-bond donors (Lipinski definition) is 1. The van der Waals surface area contributed by atoms with Crippen LogP contribution < -0.4 is 21.5 Å². The van der Waals surface area contributed by atoms with E-state index in [2.05, 4.69) is 35.9 Å². The van der Waals surface area contributed by atoms with E-state index in [1.54, 1.807) is 0 Å². The van der Waals surface area contributed by atoms with Crippen LogP contribution >= 0.6 is 0 Å². The van der Waals surface area contributed by atoms with Gasteiger partial charge in [-0.1, -0.05) is 45.1 Å². The van der Waals surface area contributed by atoms with Crippen LogP contribution in [0.1, 0.15) is 70.4 Å². The predicted molar refractivity (Wildman–Crippen MR) is 84.7 cm³/mol. The van der Waals surface area contributed by atoms with Crippen LogP contribution in [0.5, 0.6) is 0 Å². The molecule has 122 valence electrons. The van der Waals surface area contributed by atoms with E-state index in [0.29, 0.717) is 6.61 Å². The van der Waals surface area contributed by atoms with Gasteiger partial charge in [-0.15, -0.1) is 0 Å². The molecule has 0 atom stereocenters. The van der Waals surface area contributed by atoms with Gasteiger partial charge in [0.05, 0.1) is 0 Å². The fraction of sp³-hybridized carbons (Fsp3) is 0.722. The summed E-state index contributed by atoms with van der Waals surface area (Å²) in [5.74, 6) is 0. The molecule has 0 fully saturated rings. The van der Waals surface area contributed by atoms with E-state index in [4.69, 9.17) is 5.11 Å². The highest BCUT2D eigenvalue weighted by molar-refractivity contribution is 4.97. The van der Waals surface area contributed by atoms with Crippen LogP contribution in [-0.2, 0) is 13.0 Å². The van der Waals surface area contributed by atoms with Crippen LogP contribution in [0.15, 0.2) is 24.4 Å². The first-order valence-corrected chi connectivity index (χ1v) is 8.46. The minimum atomic E-state index is 0. The number of pyridine rings is 1. The van der Waals surface area contributed by atoms with Crippen LogP contribution in [0.3, 0.4) is 0 Å². The van der Waals surface area contributed by atoms with Crippen molar-refractivity contribution in [3.05, 3.63) is 30.1 Å². The first-order chi connectivity index (χ1) is 9.88. The molecule has 0 spiro atoms. The molecule has 0 unspecified atom stereocenters. The van der Waals surface area contributed by atoms with Crippen molar-refractivity contribution in [3.8, 4) is 0 Å². The summed E-state index contributed by atoms with van der Waals surface area (Å²) in [6, 6.07) is 6.54. The highest BCUT2D eigenvalue weighted by Gasteiger charge is 2.07. The smallest absolute Gasteiger partial charge is 0.181 e. The molecule has 0 bridgehead atoms. The number of halogens is 1. The molecule has 0 saturated carbocycles. The van der Waals surface area contributed by atoms with E-state index >= 15 is 0 Å². The fourth-order valence-electron chi connectivity index (χ4n) is 2.67. The second kappa shape index (κ2) is 14.5. The number of unbranched alkanes of at least 4 members (excludes halogenated alkanes) is 7. The van der Waals surface area contributed by atoms with Gasteiger partial charge < -0.3 is 22.1 Å². The van der Waals surface area contributed by atoms with E-state index in [9.17, 15) is 0 Å². The minimum absolute atomic E-state index is 0. The first-order valence-electron chi connectivity index (χ1n) is 8.46. The van der Waals surface area contributed by atoms with Gasteiger partial charge in [0.15, 0.2) is 11.9 Å². The van der Waals surface area contributed by atoms with Crippen molar-refractivity contribution in [1.29, 1.82) is 0 Å². The summed E-state index contributed by atoms with van der Waals surface area (Å²) in [5, 5.41) is 8.71. The molecule has 0 aliphatic rings. The van der Waals surface area contributed by atoms with Gasteiger partial charge in [0.2, 0.25) is 0 Å². The molecule has 1 aromatic rings. The Morgan fingerprint density at radius 1 is 0.905 bits per heavy atom. The van der Waals surface area contributed by atoms with Crippen molar-refractivity contribution < 1.29 is 26.7 Å². The lowest BCUT2D eigenvalue weighted by molar-refractivity contribution is -0.704. The van der Waals surface area contributed by atoms with Crippen LogP contribution in [0.2, 0.25) is 0 Å². The van der Waals surface area contributed by atoms with Gasteiger partial charge in [-0.2, -0.15) is 0 Å². The van der Waals surface area contributed by atoms with Crippen molar-refractivity contribution in [2.45, 2.75) is 77.7 Å². The third-order valence-electron chi connectivity index (χ3n) is 3.85. The van der Waals surface area contributed by atoms with Gasteiger partial charge in [-0.05, 0) is 19.3 Å². The molecule has 0 radical (unpaired) electrons. The van der Waals surface area contributed by atoms with Gasteiger partial charge >= 0.3 is 0 Å². The number of rotatable bonds is 12. The number of aromatic nitrogens is 1. The molecule has 3 heteroatoms. The Bertz CT molecular complexity index is 344. The zero-order chi connectivity index (χ0) is 14.5. The summed E-state index contributed by atoms with van der Waals surface area (Å²) in [4.78, 5) is 0. The number of aliphatic hydroxyl groups excluding tert-OH is 1. The molecule has 0 amide bonds. The third kappa shape index (κ3) is 10.0. The number of aryl methyl sites for hydroxylation is 2. The summed E-state index contributed by atoms with van der Waals surface area (Å²) < 4.78 is 2.42. The molecule has 0 aromatic carbocycles. The summed E-state index contributed by atoms with van der Waals surface area (Å²) in [6.45, 7) is 3.77. The monoisotopic (exact) mass is 357 g/mol. The maximum absolute atomic E-state index is 8.71. The van der Waals surface area contributed by atoms with Crippen LogP contribution in [-0.4, -0.2) is 11.7 Å². The van der Waals surface area contributed by atoms with Crippen LogP contribution in [0, 0.1) is 0 Å². The van der Waals surface area contributed by atoms with Crippen molar-refractivity contribution in [1.82, 2.24) is 0 Å². The van der Waals surface area contributed by atoms with Gasteiger partial charge in [-0.3, -0.25) is 0 Å². The van der Waals surface area contributed by atoms with Gasteiger partial charge in [0.1, 0.15) is 6.54 Å². The van der Waals surface area contributed by atoms with E-state index < -0.39 is 0 Å². The largest absolute Gasteiger partial charge is 1.00 e. The van der Waals surface area contributed by atoms with Crippen molar-refractivity contribution in [3.63, 3.8) is 0 Å². The Labute approximate surface area is 141 Å². The number of hydrogen-bond acceptors (Lipinski definition) is 1. The second-order valence-electron chi connectivity index (χ2n) is 5.69.